The number of piperazine rings is 1. The lowest BCUT2D eigenvalue weighted by atomic mass is 10.3. The minimum atomic E-state index is -0.187. The van der Waals surface area contributed by atoms with Crippen LogP contribution < -0.4 is 9.64 Å². The van der Waals surface area contributed by atoms with Crippen molar-refractivity contribution in [2.75, 3.05) is 63.9 Å². The van der Waals surface area contributed by atoms with Gasteiger partial charge in [-0.25, -0.2) is 4.79 Å². The van der Waals surface area contributed by atoms with Gasteiger partial charge in [0, 0.05) is 51.5 Å². The van der Waals surface area contributed by atoms with E-state index in [1.807, 2.05) is 6.92 Å². The average Bonchev–Trinajstić information content (AvgIpc) is 3.21. The average molecular weight is 361 g/mol. The van der Waals surface area contributed by atoms with Crippen molar-refractivity contribution < 1.29 is 14.3 Å². The van der Waals surface area contributed by atoms with Crippen molar-refractivity contribution in [2.24, 2.45) is 0 Å². The molecule has 1 aromatic carbocycles. The fourth-order valence-corrected chi connectivity index (χ4v) is 3.58. The van der Waals surface area contributed by atoms with Crippen LogP contribution in [-0.2, 0) is 4.74 Å². The maximum absolute atomic E-state index is 11.7. The lowest BCUT2D eigenvalue weighted by Gasteiger charge is -2.33. The van der Waals surface area contributed by atoms with E-state index in [1.54, 1.807) is 4.90 Å². The van der Waals surface area contributed by atoms with Gasteiger partial charge in [0.15, 0.2) is 0 Å². The van der Waals surface area contributed by atoms with Gasteiger partial charge in [-0.15, -0.1) is 0 Å². The Bertz CT molecular complexity index is 550. The zero-order chi connectivity index (χ0) is 18.2. The molecule has 0 aliphatic carbocycles. The van der Waals surface area contributed by atoms with Crippen molar-refractivity contribution in [1.29, 1.82) is 0 Å². The molecule has 6 heteroatoms. The van der Waals surface area contributed by atoms with E-state index in [9.17, 15) is 4.79 Å². The Labute approximate surface area is 156 Å². The van der Waals surface area contributed by atoms with Gasteiger partial charge < -0.3 is 19.3 Å². The second kappa shape index (κ2) is 9.67. The van der Waals surface area contributed by atoms with E-state index in [4.69, 9.17) is 9.47 Å². The quantitative estimate of drug-likeness (QED) is 0.699. The largest absolute Gasteiger partial charge is 0.494 e. The normalized spacial score (nSPS) is 18.2. The van der Waals surface area contributed by atoms with Gasteiger partial charge in [-0.3, -0.25) is 4.90 Å². The first-order valence-electron chi connectivity index (χ1n) is 9.88. The lowest BCUT2D eigenvalue weighted by molar-refractivity contribution is 0.0782. The van der Waals surface area contributed by atoms with Crippen LogP contribution in [0.3, 0.4) is 0 Å². The summed E-state index contributed by atoms with van der Waals surface area (Å²) in [5, 5.41) is 0. The maximum Gasteiger partial charge on any atom is 0.409 e. The first kappa shape index (κ1) is 18.8. The number of rotatable bonds is 7. The molecule has 0 unspecified atom stereocenters. The summed E-state index contributed by atoms with van der Waals surface area (Å²) in [4.78, 5) is 18.3. The van der Waals surface area contributed by atoms with Gasteiger partial charge in [0.2, 0.25) is 0 Å². The first-order chi connectivity index (χ1) is 12.8. The summed E-state index contributed by atoms with van der Waals surface area (Å²) in [5.41, 5.74) is 1.30. The number of nitrogens with zero attached hydrogens (tertiary/aromatic N) is 3. The Morgan fingerprint density at radius 3 is 2.35 bits per heavy atom. The van der Waals surface area contributed by atoms with Crippen molar-refractivity contribution >= 4 is 11.8 Å². The first-order valence-corrected chi connectivity index (χ1v) is 9.88. The molecule has 2 heterocycles. The number of hydrogen-bond acceptors (Lipinski definition) is 5. The molecule has 2 fully saturated rings. The zero-order valence-electron chi connectivity index (χ0n) is 15.9. The summed E-state index contributed by atoms with van der Waals surface area (Å²) in [5.74, 6) is 0.945. The molecule has 144 valence electrons. The number of hydrogen-bond donors (Lipinski definition) is 0. The van der Waals surface area contributed by atoms with Gasteiger partial charge in [0.05, 0.1) is 13.2 Å². The molecule has 3 rings (SSSR count). The van der Waals surface area contributed by atoms with E-state index in [-0.39, 0.29) is 6.09 Å². The molecule has 2 aliphatic heterocycles. The molecule has 2 saturated heterocycles. The Balaban J connectivity index is 1.30. The van der Waals surface area contributed by atoms with Crippen molar-refractivity contribution in [3.63, 3.8) is 0 Å². The molecule has 1 amide bonds. The third kappa shape index (κ3) is 5.27. The van der Waals surface area contributed by atoms with Crippen LogP contribution in [0.4, 0.5) is 10.5 Å². The van der Waals surface area contributed by atoms with Crippen LogP contribution in [0.15, 0.2) is 24.3 Å². The molecule has 0 atom stereocenters. The SMILES string of the molecule is CCOC(=O)N1CCN(CCCOc2ccc(N3CCCC3)cc2)CC1. The zero-order valence-corrected chi connectivity index (χ0v) is 15.9. The van der Waals surface area contributed by atoms with Gasteiger partial charge in [-0.1, -0.05) is 0 Å². The second-order valence-corrected chi connectivity index (χ2v) is 6.92. The third-order valence-corrected chi connectivity index (χ3v) is 5.09. The fraction of sp³-hybridized carbons (Fsp3) is 0.650. The van der Waals surface area contributed by atoms with Crippen LogP contribution in [-0.4, -0.2) is 74.9 Å². The molecule has 0 N–H and O–H groups in total. The number of amides is 1. The number of benzene rings is 1. The topological polar surface area (TPSA) is 45.3 Å². The van der Waals surface area contributed by atoms with E-state index >= 15 is 0 Å². The predicted molar refractivity (Wildman–Crippen MR) is 103 cm³/mol. The highest BCUT2D eigenvalue weighted by molar-refractivity contribution is 5.67. The molecule has 0 aromatic heterocycles. The van der Waals surface area contributed by atoms with Crippen molar-refractivity contribution in [3.8, 4) is 5.75 Å². The predicted octanol–water partition coefficient (Wildman–Crippen LogP) is 2.83. The highest BCUT2D eigenvalue weighted by atomic mass is 16.6. The minimum absolute atomic E-state index is 0.187. The standard InChI is InChI=1S/C20H31N3O3/c1-2-25-20(24)23-15-13-21(14-16-23)10-5-17-26-19-8-6-18(7-9-19)22-11-3-4-12-22/h6-9H,2-5,10-17H2,1H3. The van der Waals surface area contributed by atoms with Crippen molar-refractivity contribution in [2.45, 2.75) is 26.2 Å². The Morgan fingerprint density at radius 1 is 1.00 bits per heavy atom. The summed E-state index contributed by atoms with van der Waals surface area (Å²) >= 11 is 0. The van der Waals surface area contributed by atoms with Gasteiger partial charge in [0.1, 0.15) is 5.75 Å². The van der Waals surface area contributed by atoms with E-state index in [0.717, 1.165) is 51.5 Å². The van der Waals surface area contributed by atoms with E-state index in [1.165, 1.54) is 31.6 Å². The van der Waals surface area contributed by atoms with Crippen molar-refractivity contribution in [1.82, 2.24) is 9.80 Å². The van der Waals surface area contributed by atoms with Gasteiger partial charge in [-0.05, 0) is 50.5 Å². The van der Waals surface area contributed by atoms with E-state index in [0.29, 0.717) is 6.61 Å². The molecule has 0 radical (unpaired) electrons. The minimum Gasteiger partial charge on any atom is -0.494 e. The van der Waals surface area contributed by atoms with Crippen LogP contribution in [0.5, 0.6) is 5.75 Å². The second-order valence-electron chi connectivity index (χ2n) is 6.92. The van der Waals surface area contributed by atoms with Gasteiger partial charge in [-0.2, -0.15) is 0 Å². The van der Waals surface area contributed by atoms with Crippen molar-refractivity contribution in [3.05, 3.63) is 24.3 Å². The molecular weight excluding hydrogens is 330 g/mol. The molecule has 0 bridgehead atoms. The summed E-state index contributed by atoms with van der Waals surface area (Å²) in [6.07, 6.45) is 3.40. The van der Waals surface area contributed by atoms with Gasteiger partial charge >= 0.3 is 6.09 Å². The highest BCUT2D eigenvalue weighted by Gasteiger charge is 2.21. The van der Waals surface area contributed by atoms with E-state index in [2.05, 4.69) is 34.1 Å². The molecule has 6 nitrogen and oxygen atoms in total. The number of carbonyl (C=O) groups excluding carboxylic acids is 1. The smallest absolute Gasteiger partial charge is 0.409 e. The summed E-state index contributed by atoms with van der Waals surface area (Å²) in [7, 11) is 0. The van der Waals surface area contributed by atoms with Crippen LogP contribution >= 0.6 is 0 Å². The van der Waals surface area contributed by atoms with Crippen LogP contribution in [0.25, 0.3) is 0 Å². The number of ether oxygens (including phenoxy) is 2. The summed E-state index contributed by atoms with van der Waals surface area (Å²) < 4.78 is 10.9. The maximum atomic E-state index is 11.7. The summed E-state index contributed by atoms with van der Waals surface area (Å²) in [6.45, 7) is 9.66. The lowest BCUT2D eigenvalue weighted by Crippen LogP contribution is -2.49. The third-order valence-electron chi connectivity index (χ3n) is 5.09. The molecular formula is C20H31N3O3. The molecule has 2 aliphatic rings. The number of carbonyl (C=O) groups is 1. The molecule has 1 aromatic rings. The van der Waals surface area contributed by atoms with E-state index < -0.39 is 0 Å². The number of anilines is 1. The van der Waals surface area contributed by atoms with Crippen LogP contribution in [0, 0.1) is 0 Å². The Kier molecular flexibility index (Phi) is 7.00. The Hall–Kier alpha value is -1.95. The highest BCUT2D eigenvalue weighted by Crippen LogP contribution is 2.23. The summed E-state index contributed by atoms with van der Waals surface area (Å²) in [6, 6.07) is 8.47. The molecule has 26 heavy (non-hydrogen) atoms. The van der Waals surface area contributed by atoms with Crippen LogP contribution in [0.2, 0.25) is 0 Å². The van der Waals surface area contributed by atoms with Crippen LogP contribution in [0.1, 0.15) is 26.2 Å². The van der Waals surface area contributed by atoms with Gasteiger partial charge in [0.25, 0.3) is 0 Å². The fourth-order valence-electron chi connectivity index (χ4n) is 3.58. The molecule has 0 saturated carbocycles. The monoisotopic (exact) mass is 361 g/mol. The molecule has 0 spiro atoms. The Morgan fingerprint density at radius 2 is 1.69 bits per heavy atom.